The quantitative estimate of drug-likeness (QED) is 0.871. The first-order chi connectivity index (χ1) is 11.2. The highest BCUT2D eigenvalue weighted by molar-refractivity contribution is 5.71. The van der Waals surface area contributed by atoms with Gasteiger partial charge in [0, 0.05) is 25.2 Å². The fourth-order valence-electron chi connectivity index (χ4n) is 4.24. The van der Waals surface area contributed by atoms with Gasteiger partial charge in [0.25, 0.3) is 0 Å². The van der Waals surface area contributed by atoms with Crippen LogP contribution in [0.1, 0.15) is 37.5 Å². The minimum Gasteiger partial charge on any atom is -0.308 e. The van der Waals surface area contributed by atoms with Crippen molar-refractivity contribution in [3.8, 4) is 0 Å². The molecule has 5 nitrogen and oxygen atoms in total. The van der Waals surface area contributed by atoms with Gasteiger partial charge in [0.1, 0.15) is 11.3 Å². The second-order valence-electron chi connectivity index (χ2n) is 7.28. The third-order valence-corrected chi connectivity index (χ3v) is 5.59. The van der Waals surface area contributed by atoms with Crippen molar-refractivity contribution >= 4 is 11.2 Å². The van der Waals surface area contributed by atoms with Crippen molar-refractivity contribution in [3.63, 3.8) is 0 Å². The molecule has 2 unspecified atom stereocenters. The number of piperidine rings is 1. The van der Waals surface area contributed by atoms with Crippen molar-refractivity contribution in [2.45, 2.75) is 44.2 Å². The summed E-state index contributed by atoms with van der Waals surface area (Å²) in [5, 5.41) is 0. The largest absolute Gasteiger partial charge is 0.308 e. The van der Waals surface area contributed by atoms with Gasteiger partial charge in [-0.3, -0.25) is 0 Å². The average Bonchev–Trinajstić information content (AvgIpc) is 3.12. The van der Waals surface area contributed by atoms with E-state index >= 15 is 0 Å². The maximum Gasteiger partial charge on any atom is 0.160 e. The standard InChI is InChI=1S/C18H27N5/c1-21-11-8-15(13-21)23-17(12-14-6-3-4-10-22(14)2)20-16-7-5-9-19-18(16)23/h5,7,9,14-15H,3-4,6,8,10-13H2,1-2H3. The van der Waals surface area contributed by atoms with E-state index in [4.69, 9.17) is 4.98 Å². The van der Waals surface area contributed by atoms with Crippen LogP contribution < -0.4 is 0 Å². The van der Waals surface area contributed by atoms with Crippen LogP contribution in [0, 0.1) is 0 Å². The Kier molecular flexibility index (Phi) is 4.07. The number of pyridine rings is 1. The molecule has 2 saturated heterocycles. The van der Waals surface area contributed by atoms with Gasteiger partial charge in [-0.2, -0.15) is 0 Å². The Balaban J connectivity index is 1.70. The zero-order valence-corrected chi connectivity index (χ0v) is 14.3. The first kappa shape index (κ1) is 15.1. The molecule has 2 aliphatic heterocycles. The topological polar surface area (TPSA) is 37.2 Å². The number of aromatic nitrogens is 3. The van der Waals surface area contributed by atoms with Crippen molar-refractivity contribution in [1.82, 2.24) is 24.3 Å². The van der Waals surface area contributed by atoms with E-state index in [9.17, 15) is 0 Å². The lowest BCUT2D eigenvalue weighted by Gasteiger charge is -2.32. The van der Waals surface area contributed by atoms with E-state index in [-0.39, 0.29) is 0 Å². The molecule has 2 aliphatic rings. The Hall–Kier alpha value is -1.46. The molecule has 23 heavy (non-hydrogen) atoms. The molecule has 2 fully saturated rings. The van der Waals surface area contributed by atoms with E-state index in [1.165, 1.54) is 44.6 Å². The van der Waals surface area contributed by atoms with E-state index in [1.54, 1.807) is 0 Å². The van der Waals surface area contributed by atoms with Gasteiger partial charge in [-0.05, 0) is 58.6 Å². The highest BCUT2D eigenvalue weighted by atomic mass is 15.2. The number of rotatable bonds is 3. The molecule has 4 heterocycles. The number of imidazole rings is 1. The van der Waals surface area contributed by atoms with E-state index < -0.39 is 0 Å². The van der Waals surface area contributed by atoms with Crippen molar-refractivity contribution in [2.24, 2.45) is 0 Å². The maximum absolute atomic E-state index is 4.97. The van der Waals surface area contributed by atoms with Crippen molar-refractivity contribution in [3.05, 3.63) is 24.2 Å². The lowest BCUT2D eigenvalue weighted by atomic mass is 9.99. The van der Waals surface area contributed by atoms with Gasteiger partial charge in [-0.15, -0.1) is 0 Å². The smallest absolute Gasteiger partial charge is 0.160 e. The number of hydrogen-bond donors (Lipinski definition) is 0. The fraction of sp³-hybridized carbons (Fsp3) is 0.667. The highest BCUT2D eigenvalue weighted by Crippen LogP contribution is 2.28. The van der Waals surface area contributed by atoms with Crippen LogP contribution in [0.25, 0.3) is 11.2 Å². The Morgan fingerprint density at radius 3 is 2.87 bits per heavy atom. The molecule has 2 atom stereocenters. The predicted octanol–water partition coefficient (Wildman–Crippen LogP) is 2.33. The summed E-state index contributed by atoms with van der Waals surface area (Å²) in [4.78, 5) is 14.5. The number of likely N-dealkylation sites (N-methyl/N-ethyl adjacent to an activating group) is 2. The summed E-state index contributed by atoms with van der Waals surface area (Å²) in [5.41, 5.74) is 2.12. The zero-order valence-electron chi connectivity index (χ0n) is 14.3. The average molecular weight is 313 g/mol. The van der Waals surface area contributed by atoms with Crippen LogP contribution in [0.5, 0.6) is 0 Å². The van der Waals surface area contributed by atoms with Crippen LogP contribution in [-0.4, -0.2) is 64.1 Å². The molecule has 0 aliphatic carbocycles. The molecule has 124 valence electrons. The van der Waals surface area contributed by atoms with Crippen LogP contribution in [0.3, 0.4) is 0 Å². The Morgan fingerprint density at radius 2 is 2.09 bits per heavy atom. The van der Waals surface area contributed by atoms with Gasteiger partial charge >= 0.3 is 0 Å². The van der Waals surface area contributed by atoms with E-state index in [0.29, 0.717) is 12.1 Å². The third kappa shape index (κ3) is 2.88. The second-order valence-corrected chi connectivity index (χ2v) is 7.28. The minimum absolute atomic E-state index is 0.517. The summed E-state index contributed by atoms with van der Waals surface area (Å²) < 4.78 is 2.45. The fourth-order valence-corrected chi connectivity index (χ4v) is 4.24. The molecule has 0 radical (unpaired) electrons. The first-order valence-corrected chi connectivity index (χ1v) is 8.93. The Labute approximate surface area is 138 Å². The summed E-state index contributed by atoms with van der Waals surface area (Å²) in [5.74, 6) is 1.23. The van der Waals surface area contributed by atoms with Gasteiger partial charge in [-0.25, -0.2) is 9.97 Å². The van der Waals surface area contributed by atoms with E-state index in [1.807, 2.05) is 12.3 Å². The zero-order chi connectivity index (χ0) is 15.8. The molecule has 0 bridgehead atoms. The van der Waals surface area contributed by atoms with Crippen molar-refractivity contribution in [2.75, 3.05) is 33.7 Å². The molecule has 2 aromatic heterocycles. The molecule has 0 N–H and O–H groups in total. The summed E-state index contributed by atoms with van der Waals surface area (Å²) in [7, 11) is 4.47. The van der Waals surface area contributed by atoms with Crippen LogP contribution in [0.2, 0.25) is 0 Å². The first-order valence-electron chi connectivity index (χ1n) is 8.93. The summed E-state index contributed by atoms with van der Waals surface area (Å²) in [6, 6.07) is 5.24. The van der Waals surface area contributed by atoms with Crippen LogP contribution in [0.15, 0.2) is 18.3 Å². The van der Waals surface area contributed by atoms with Gasteiger partial charge in [-0.1, -0.05) is 6.42 Å². The van der Waals surface area contributed by atoms with Crippen molar-refractivity contribution < 1.29 is 0 Å². The van der Waals surface area contributed by atoms with Gasteiger partial charge in [0.05, 0.1) is 6.04 Å². The predicted molar refractivity (Wildman–Crippen MR) is 92.7 cm³/mol. The molecule has 0 spiro atoms. The van der Waals surface area contributed by atoms with Gasteiger partial charge in [0.2, 0.25) is 0 Å². The molecule has 0 aromatic carbocycles. The summed E-state index contributed by atoms with van der Waals surface area (Å²) in [6.45, 7) is 3.49. The maximum atomic E-state index is 4.97. The molecule has 4 rings (SSSR count). The van der Waals surface area contributed by atoms with Crippen LogP contribution in [0.4, 0.5) is 0 Å². The molecule has 0 amide bonds. The Bertz CT molecular complexity index is 679. The van der Waals surface area contributed by atoms with Gasteiger partial charge in [0.15, 0.2) is 5.65 Å². The molecule has 2 aromatic rings. The SMILES string of the molecule is CN1CCC(n2c(CC3CCCCN3C)nc3cccnc32)C1. The normalized spacial score (nSPS) is 27.0. The monoisotopic (exact) mass is 313 g/mol. The minimum atomic E-state index is 0.517. The van der Waals surface area contributed by atoms with Crippen molar-refractivity contribution in [1.29, 1.82) is 0 Å². The number of nitrogens with zero attached hydrogens (tertiary/aromatic N) is 5. The van der Waals surface area contributed by atoms with E-state index in [2.05, 4.69) is 39.5 Å². The molecule has 5 heteroatoms. The van der Waals surface area contributed by atoms with Crippen LogP contribution in [-0.2, 0) is 6.42 Å². The van der Waals surface area contributed by atoms with Gasteiger partial charge < -0.3 is 14.4 Å². The van der Waals surface area contributed by atoms with E-state index in [0.717, 1.165) is 24.1 Å². The number of likely N-dealkylation sites (tertiary alicyclic amines) is 2. The lowest BCUT2D eigenvalue weighted by molar-refractivity contribution is 0.181. The number of hydrogen-bond acceptors (Lipinski definition) is 4. The Morgan fingerprint density at radius 1 is 1.17 bits per heavy atom. The lowest BCUT2D eigenvalue weighted by Crippen LogP contribution is -2.38. The number of fused-ring (bicyclic) bond motifs is 1. The summed E-state index contributed by atoms with van der Waals surface area (Å²) >= 11 is 0. The second kappa shape index (κ2) is 6.21. The highest BCUT2D eigenvalue weighted by Gasteiger charge is 2.28. The molecular formula is C18H27N5. The molecule has 0 saturated carbocycles. The molecular weight excluding hydrogens is 286 g/mol. The van der Waals surface area contributed by atoms with Crippen LogP contribution >= 0.6 is 0 Å². The third-order valence-electron chi connectivity index (χ3n) is 5.59. The summed E-state index contributed by atoms with van der Waals surface area (Å²) in [6.07, 6.45) is 8.12.